The summed E-state index contributed by atoms with van der Waals surface area (Å²) in [5.41, 5.74) is 1.08. The van der Waals surface area contributed by atoms with Gasteiger partial charge >= 0.3 is 6.09 Å². The second-order valence-corrected chi connectivity index (χ2v) is 8.76. The van der Waals surface area contributed by atoms with Crippen LogP contribution >= 0.6 is 15.9 Å². The number of likely N-dealkylation sites (tertiary alicyclic amines) is 1. The molecule has 2 heterocycles. The van der Waals surface area contributed by atoms with Gasteiger partial charge in [0.25, 0.3) is 0 Å². The van der Waals surface area contributed by atoms with Crippen LogP contribution in [0.2, 0.25) is 0 Å². The molecule has 3 rings (SSSR count). The van der Waals surface area contributed by atoms with Crippen molar-refractivity contribution < 1.29 is 13.9 Å². The number of ether oxygens (including phenoxy) is 1. The molecule has 1 unspecified atom stereocenters. The molecule has 0 saturated carbocycles. The van der Waals surface area contributed by atoms with Crippen LogP contribution in [0, 0.1) is 17.7 Å². The zero-order chi connectivity index (χ0) is 19.2. The number of benzene rings is 1. The first-order valence-corrected chi connectivity index (χ1v) is 10.9. The Kier molecular flexibility index (Phi) is 7.53. The van der Waals surface area contributed by atoms with Gasteiger partial charge < -0.3 is 14.5 Å². The SMILES string of the molecule is CCCN1CC(CCN2CCC(Cc3cc(F)ccc3Br)CC2)COC1=O. The minimum atomic E-state index is -0.157. The van der Waals surface area contributed by atoms with Crippen LogP contribution in [0.25, 0.3) is 0 Å². The summed E-state index contributed by atoms with van der Waals surface area (Å²) >= 11 is 3.54. The van der Waals surface area contributed by atoms with E-state index in [1.165, 1.54) is 6.07 Å². The fraction of sp³-hybridized carbons (Fsp3) is 0.667. The van der Waals surface area contributed by atoms with Crippen molar-refractivity contribution in [3.8, 4) is 0 Å². The van der Waals surface area contributed by atoms with E-state index in [1.807, 2.05) is 4.90 Å². The molecule has 0 bridgehead atoms. The highest BCUT2D eigenvalue weighted by Gasteiger charge is 2.27. The normalized spacial score (nSPS) is 22.1. The summed E-state index contributed by atoms with van der Waals surface area (Å²) in [6.45, 7) is 7.53. The van der Waals surface area contributed by atoms with Gasteiger partial charge in [0.1, 0.15) is 5.82 Å². The van der Waals surface area contributed by atoms with Crippen LogP contribution in [0.4, 0.5) is 9.18 Å². The average Bonchev–Trinajstić information content (AvgIpc) is 2.66. The van der Waals surface area contributed by atoms with Gasteiger partial charge in [-0.2, -0.15) is 0 Å². The lowest BCUT2D eigenvalue weighted by Crippen LogP contribution is -2.44. The van der Waals surface area contributed by atoms with E-state index < -0.39 is 0 Å². The highest BCUT2D eigenvalue weighted by molar-refractivity contribution is 9.10. The van der Waals surface area contributed by atoms with E-state index in [9.17, 15) is 9.18 Å². The number of rotatable bonds is 7. The van der Waals surface area contributed by atoms with E-state index in [0.29, 0.717) is 18.4 Å². The van der Waals surface area contributed by atoms with Crippen molar-refractivity contribution in [2.75, 3.05) is 39.3 Å². The summed E-state index contributed by atoms with van der Waals surface area (Å²) in [6.07, 6.45) is 5.15. The molecule has 1 aromatic rings. The molecule has 1 atom stereocenters. The molecule has 0 N–H and O–H groups in total. The van der Waals surface area contributed by atoms with E-state index in [4.69, 9.17) is 4.74 Å². The highest BCUT2D eigenvalue weighted by atomic mass is 79.9. The summed E-state index contributed by atoms with van der Waals surface area (Å²) in [5, 5.41) is 0. The zero-order valence-corrected chi connectivity index (χ0v) is 17.7. The summed E-state index contributed by atoms with van der Waals surface area (Å²) in [4.78, 5) is 16.1. The van der Waals surface area contributed by atoms with E-state index >= 15 is 0 Å². The Morgan fingerprint density at radius 3 is 2.74 bits per heavy atom. The second kappa shape index (κ2) is 9.87. The van der Waals surface area contributed by atoms with Crippen LogP contribution in [-0.2, 0) is 11.2 Å². The molecule has 0 aromatic heterocycles. The Morgan fingerprint density at radius 1 is 1.22 bits per heavy atom. The Hall–Kier alpha value is -1.14. The Morgan fingerprint density at radius 2 is 2.00 bits per heavy atom. The number of hydrogen-bond acceptors (Lipinski definition) is 3. The van der Waals surface area contributed by atoms with Crippen molar-refractivity contribution in [3.05, 3.63) is 34.1 Å². The molecule has 1 aromatic carbocycles. The molecule has 0 aliphatic carbocycles. The molecule has 27 heavy (non-hydrogen) atoms. The minimum absolute atomic E-state index is 0.155. The molecule has 2 saturated heterocycles. The van der Waals surface area contributed by atoms with Crippen LogP contribution in [0.15, 0.2) is 22.7 Å². The number of piperidine rings is 1. The maximum absolute atomic E-state index is 13.5. The number of halogens is 2. The third-order valence-electron chi connectivity index (χ3n) is 5.75. The molecule has 2 fully saturated rings. The van der Waals surface area contributed by atoms with Crippen LogP contribution in [0.1, 0.15) is 38.2 Å². The van der Waals surface area contributed by atoms with Gasteiger partial charge in [0.05, 0.1) is 6.61 Å². The maximum atomic E-state index is 13.5. The van der Waals surface area contributed by atoms with Gasteiger partial charge in [0.15, 0.2) is 0 Å². The first-order chi connectivity index (χ1) is 13.0. The number of hydrogen-bond donors (Lipinski definition) is 0. The monoisotopic (exact) mass is 440 g/mol. The van der Waals surface area contributed by atoms with E-state index in [-0.39, 0.29) is 11.9 Å². The molecule has 1 amide bonds. The largest absolute Gasteiger partial charge is 0.449 e. The Balaban J connectivity index is 1.39. The van der Waals surface area contributed by atoms with Crippen molar-refractivity contribution in [2.24, 2.45) is 11.8 Å². The topological polar surface area (TPSA) is 32.8 Å². The van der Waals surface area contributed by atoms with Gasteiger partial charge in [-0.3, -0.25) is 0 Å². The molecule has 6 heteroatoms. The number of carbonyl (C=O) groups excluding carboxylic acids is 1. The zero-order valence-electron chi connectivity index (χ0n) is 16.1. The predicted molar refractivity (Wildman–Crippen MR) is 108 cm³/mol. The molecule has 2 aliphatic heterocycles. The first kappa shape index (κ1) is 20.6. The minimum Gasteiger partial charge on any atom is -0.449 e. The van der Waals surface area contributed by atoms with Crippen molar-refractivity contribution in [1.82, 2.24) is 9.80 Å². The van der Waals surface area contributed by atoms with E-state index in [1.54, 1.807) is 12.1 Å². The summed E-state index contributed by atoms with van der Waals surface area (Å²) in [5.74, 6) is 0.904. The van der Waals surface area contributed by atoms with Crippen LogP contribution in [0.5, 0.6) is 0 Å². The Bertz CT molecular complexity index is 635. The third kappa shape index (κ3) is 5.92. The maximum Gasteiger partial charge on any atom is 0.409 e. The number of carbonyl (C=O) groups is 1. The number of nitrogens with zero attached hydrogens (tertiary/aromatic N) is 2. The molecule has 4 nitrogen and oxygen atoms in total. The first-order valence-electron chi connectivity index (χ1n) is 10.1. The van der Waals surface area contributed by atoms with Crippen molar-refractivity contribution in [1.29, 1.82) is 0 Å². The quantitative estimate of drug-likeness (QED) is 0.615. The van der Waals surface area contributed by atoms with Gasteiger partial charge in [0.2, 0.25) is 0 Å². The number of cyclic esters (lactones) is 1. The Labute approximate surface area is 170 Å². The van der Waals surface area contributed by atoms with Gasteiger partial charge in [-0.1, -0.05) is 22.9 Å². The lowest BCUT2D eigenvalue weighted by molar-refractivity contribution is 0.0363. The fourth-order valence-corrected chi connectivity index (χ4v) is 4.55. The van der Waals surface area contributed by atoms with Gasteiger partial charge in [0, 0.05) is 23.5 Å². The van der Waals surface area contributed by atoms with Crippen LogP contribution in [0.3, 0.4) is 0 Å². The summed E-state index contributed by atoms with van der Waals surface area (Å²) < 4.78 is 19.8. The van der Waals surface area contributed by atoms with Crippen LogP contribution < -0.4 is 0 Å². The van der Waals surface area contributed by atoms with Gasteiger partial charge in [-0.05, 0) is 81.4 Å². The molecule has 0 spiro atoms. The average molecular weight is 441 g/mol. The van der Waals surface area contributed by atoms with Gasteiger partial charge in [-0.15, -0.1) is 0 Å². The van der Waals surface area contributed by atoms with E-state index in [0.717, 1.165) is 74.9 Å². The third-order valence-corrected chi connectivity index (χ3v) is 6.52. The van der Waals surface area contributed by atoms with Gasteiger partial charge in [-0.25, -0.2) is 9.18 Å². The molecule has 150 valence electrons. The second-order valence-electron chi connectivity index (χ2n) is 7.90. The van der Waals surface area contributed by atoms with Crippen molar-refractivity contribution in [2.45, 2.75) is 39.0 Å². The molecule has 0 radical (unpaired) electrons. The fourth-order valence-electron chi connectivity index (χ4n) is 4.14. The van der Waals surface area contributed by atoms with Crippen molar-refractivity contribution in [3.63, 3.8) is 0 Å². The number of amides is 1. The summed E-state index contributed by atoms with van der Waals surface area (Å²) in [7, 11) is 0. The highest BCUT2D eigenvalue weighted by Crippen LogP contribution is 2.27. The lowest BCUT2D eigenvalue weighted by Gasteiger charge is -2.35. The molecule has 2 aliphatic rings. The predicted octanol–water partition coefficient (Wildman–Crippen LogP) is 4.71. The van der Waals surface area contributed by atoms with Crippen molar-refractivity contribution >= 4 is 22.0 Å². The van der Waals surface area contributed by atoms with Crippen LogP contribution in [-0.4, -0.2) is 55.2 Å². The lowest BCUT2D eigenvalue weighted by atomic mass is 9.90. The molecular formula is C21H30BrFN2O2. The molecular weight excluding hydrogens is 411 g/mol. The standard InChI is InChI=1S/C21H30BrFN2O2/c1-2-8-25-14-17(15-27-21(25)26)7-11-24-9-5-16(6-10-24)12-18-13-19(23)3-4-20(18)22/h3-4,13,16-17H,2,5-12,14-15H2,1H3. The smallest absolute Gasteiger partial charge is 0.409 e. The summed E-state index contributed by atoms with van der Waals surface area (Å²) in [6, 6.07) is 4.96. The van der Waals surface area contributed by atoms with E-state index in [2.05, 4.69) is 27.8 Å².